The molecule has 1 fully saturated rings. The molecule has 0 saturated carbocycles. The second-order valence-electron chi connectivity index (χ2n) is 6.09. The van der Waals surface area contributed by atoms with E-state index in [4.69, 9.17) is 5.73 Å². The van der Waals surface area contributed by atoms with Crippen molar-refractivity contribution >= 4 is 24.2 Å². The summed E-state index contributed by atoms with van der Waals surface area (Å²) >= 11 is 0. The van der Waals surface area contributed by atoms with Crippen molar-refractivity contribution in [2.75, 3.05) is 32.7 Å². The minimum atomic E-state index is -0.425. The fourth-order valence-electron chi connectivity index (χ4n) is 2.19. The lowest BCUT2D eigenvalue weighted by molar-refractivity contribution is -0.135. The summed E-state index contributed by atoms with van der Waals surface area (Å²) in [6.45, 7) is 10.9. The van der Waals surface area contributed by atoms with Crippen LogP contribution in [0.4, 0.5) is 0 Å². The summed E-state index contributed by atoms with van der Waals surface area (Å²) in [6, 6.07) is -0.264. The van der Waals surface area contributed by atoms with Crippen LogP contribution in [0.25, 0.3) is 0 Å². The molecule has 0 unspecified atom stereocenters. The summed E-state index contributed by atoms with van der Waals surface area (Å²) in [4.78, 5) is 27.7. The molecule has 1 atom stereocenters. The molecule has 0 spiro atoms. The molecule has 0 bridgehead atoms. The largest absolute Gasteiger partial charge is 0.353 e. The van der Waals surface area contributed by atoms with Gasteiger partial charge in [0.25, 0.3) is 0 Å². The molecule has 1 saturated heterocycles. The fourth-order valence-corrected chi connectivity index (χ4v) is 2.19. The Labute approximate surface area is 133 Å². The van der Waals surface area contributed by atoms with Crippen molar-refractivity contribution in [3.63, 3.8) is 0 Å². The normalized spacial score (nSPS) is 17.6. The molecule has 1 aliphatic rings. The Kier molecular flexibility index (Phi) is 8.85. The van der Waals surface area contributed by atoms with Crippen LogP contribution in [0.2, 0.25) is 0 Å². The van der Waals surface area contributed by atoms with Gasteiger partial charge in [-0.3, -0.25) is 14.5 Å². The molecule has 1 aliphatic heterocycles. The van der Waals surface area contributed by atoms with E-state index in [1.165, 1.54) is 0 Å². The van der Waals surface area contributed by atoms with Crippen LogP contribution in [0, 0.1) is 5.92 Å². The van der Waals surface area contributed by atoms with Gasteiger partial charge in [-0.25, -0.2) is 0 Å². The van der Waals surface area contributed by atoms with Gasteiger partial charge in [0.15, 0.2) is 0 Å². The molecule has 1 heterocycles. The molecule has 0 aromatic rings. The maximum atomic E-state index is 12.1. The highest BCUT2D eigenvalue weighted by molar-refractivity contribution is 5.85. The van der Waals surface area contributed by atoms with E-state index in [1.54, 1.807) is 0 Å². The minimum absolute atomic E-state index is 0. The highest BCUT2D eigenvalue weighted by atomic mass is 35.5. The Morgan fingerprint density at radius 2 is 1.62 bits per heavy atom. The first-order valence-electron chi connectivity index (χ1n) is 7.37. The standard InChI is InChI=1S/C14H28N4O2.ClH/c1-10(2)13(15)14(20)18-7-5-17(6-8-18)9-12(19)16-11(3)4;/h10-11,13H,5-9,15H2,1-4H3,(H,16,19);1H/t13-;/m0./s1. The zero-order valence-corrected chi connectivity index (χ0v) is 14.3. The number of rotatable bonds is 5. The van der Waals surface area contributed by atoms with Crippen molar-refractivity contribution in [2.24, 2.45) is 11.7 Å². The zero-order valence-electron chi connectivity index (χ0n) is 13.5. The number of nitrogens with one attached hydrogen (secondary N) is 1. The summed E-state index contributed by atoms with van der Waals surface area (Å²) in [5, 5.41) is 2.88. The summed E-state index contributed by atoms with van der Waals surface area (Å²) in [5.74, 6) is 0.210. The van der Waals surface area contributed by atoms with Gasteiger partial charge in [0.05, 0.1) is 12.6 Å². The SMILES string of the molecule is CC(C)NC(=O)CN1CCN(C(=O)[C@@H](N)C(C)C)CC1.Cl. The smallest absolute Gasteiger partial charge is 0.239 e. The average molecular weight is 321 g/mol. The van der Waals surface area contributed by atoms with Crippen LogP contribution in [-0.2, 0) is 9.59 Å². The van der Waals surface area contributed by atoms with Crippen LogP contribution in [0.5, 0.6) is 0 Å². The number of amides is 2. The van der Waals surface area contributed by atoms with E-state index < -0.39 is 6.04 Å². The van der Waals surface area contributed by atoms with Gasteiger partial charge in [0, 0.05) is 32.2 Å². The quantitative estimate of drug-likeness (QED) is 0.751. The molecule has 0 aromatic heterocycles. The van der Waals surface area contributed by atoms with E-state index in [-0.39, 0.29) is 36.2 Å². The third-order valence-electron chi connectivity index (χ3n) is 3.50. The molecule has 0 radical (unpaired) electrons. The lowest BCUT2D eigenvalue weighted by atomic mass is 10.0. The number of carbonyl (C=O) groups excluding carboxylic acids is 2. The topological polar surface area (TPSA) is 78.7 Å². The Hall–Kier alpha value is -0.850. The summed E-state index contributed by atoms with van der Waals surface area (Å²) in [5.41, 5.74) is 5.89. The Balaban J connectivity index is 0.00000400. The first-order valence-corrected chi connectivity index (χ1v) is 7.37. The second kappa shape index (κ2) is 9.23. The van der Waals surface area contributed by atoms with E-state index in [9.17, 15) is 9.59 Å². The van der Waals surface area contributed by atoms with Crippen molar-refractivity contribution in [1.82, 2.24) is 15.1 Å². The number of carbonyl (C=O) groups is 2. The summed E-state index contributed by atoms with van der Waals surface area (Å²) in [6.07, 6.45) is 0. The molecule has 21 heavy (non-hydrogen) atoms. The van der Waals surface area contributed by atoms with E-state index >= 15 is 0 Å². The van der Waals surface area contributed by atoms with Gasteiger partial charge in [0.2, 0.25) is 11.8 Å². The predicted octanol–water partition coefficient (Wildman–Crippen LogP) is 0.0603. The highest BCUT2D eigenvalue weighted by Gasteiger charge is 2.27. The third-order valence-corrected chi connectivity index (χ3v) is 3.50. The lowest BCUT2D eigenvalue weighted by Gasteiger charge is -2.36. The van der Waals surface area contributed by atoms with Crippen LogP contribution in [0.3, 0.4) is 0 Å². The number of halogens is 1. The van der Waals surface area contributed by atoms with Crippen LogP contribution in [-0.4, -0.2) is 66.4 Å². The summed E-state index contributed by atoms with van der Waals surface area (Å²) in [7, 11) is 0. The van der Waals surface area contributed by atoms with Crippen LogP contribution in [0.15, 0.2) is 0 Å². The van der Waals surface area contributed by atoms with Crippen LogP contribution < -0.4 is 11.1 Å². The van der Waals surface area contributed by atoms with E-state index in [0.717, 1.165) is 13.1 Å². The molecule has 3 N–H and O–H groups in total. The molecule has 124 valence electrons. The van der Waals surface area contributed by atoms with E-state index in [2.05, 4.69) is 10.2 Å². The number of hydrogen-bond donors (Lipinski definition) is 2. The first kappa shape index (κ1) is 20.1. The van der Waals surface area contributed by atoms with Crippen molar-refractivity contribution in [1.29, 1.82) is 0 Å². The maximum Gasteiger partial charge on any atom is 0.239 e. The number of nitrogens with zero attached hydrogens (tertiary/aromatic N) is 2. The number of piperazine rings is 1. The monoisotopic (exact) mass is 320 g/mol. The number of hydrogen-bond acceptors (Lipinski definition) is 4. The third kappa shape index (κ3) is 6.63. The highest BCUT2D eigenvalue weighted by Crippen LogP contribution is 2.07. The van der Waals surface area contributed by atoms with Crippen molar-refractivity contribution in [3.8, 4) is 0 Å². The van der Waals surface area contributed by atoms with Gasteiger partial charge >= 0.3 is 0 Å². The number of nitrogens with two attached hydrogens (primary N) is 1. The van der Waals surface area contributed by atoms with Crippen LogP contribution >= 0.6 is 12.4 Å². The van der Waals surface area contributed by atoms with Crippen molar-refractivity contribution in [2.45, 2.75) is 39.8 Å². The molecule has 0 aromatic carbocycles. The van der Waals surface area contributed by atoms with Crippen molar-refractivity contribution in [3.05, 3.63) is 0 Å². The minimum Gasteiger partial charge on any atom is -0.353 e. The van der Waals surface area contributed by atoms with Gasteiger partial charge in [-0.2, -0.15) is 0 Å². The Bertz CT molecular complexity index is 342. The zero-order chi connectivity index (χ0) is 15.3. The molecule has 0 aliphatic carbocycles. The van der Waals surface area contributed by atoms with Gasteiger partial charge in [0.1, 0.15) is 0 Å². The average Bonchev–Trinajstić information content (AvgIpc) is 2.36. The predicted molar refractivity (Wildman–Crippen MR) is 86.4 cm³/mol. The molecular weight excluding hydrogens is 292 g/mol. The maximum absolute atomic E-state index is 12.1. The molecule has 1 rings (SSSR count). The lowest BCUT2D eigenvalue weighted by Crippen LogP contribution is -2.55. The van der Waals surface area contributed by atoms with Gasteiger partial charge in [-0.05, 0) is 19.8 Å². The summed E-state index contributed by atoms with van der Waals surface area (Å²) < 4.78 is 0. The molecule has 2 amide bonds. The van der Waals surface area contributed by atoms with Gasteiger partial charge < -0.3 is 16.0 Å². The molecule has 6 nitrogen and oxygen atoms in total. The van der Waals surface area contributed by atoms with E-state index in [1.807, 2.05) is 32.6 Å². The Morgan fingerprint density at radius 3 is 2.05 bits per heavy atom. The molecule has 7 heteroatoms. The van der Waals surface area contributed by atoms with Gasteiger partial charge in [-0.1, -0.05) is 13.8 Å². The fraction of sp³-hybridized carbons (Fsp3) is 0.857. The van der Waals surface area contributed by atoms with Crippen molar-refractivity contribution < 1.29 is 9.59 Å². The van der Waals surface area contributed by atoms with E-state index in [0.29, 0.717) is 19.6 Å². The van der Waals surface area contributed by atoms with Gasteiger partial charge in [-0.15, -0.1) is 12.4 Å². The Morgan fingerprint density at radius 1 is 1.10 bits per heavy atom. The molecular formula is C14H29ClN4O2. The first-order chi connectivity index (χ1) is 9.31. The second-order valence-corrected chi connectivity index (χ2v) is 6.09. The van der Waals surface area contributed by atoms with Crippen LogP contribution in [0.1, 0.15) is 27.7 Å².